The Hall–Kier alpha value is -0.570. The van der Waals surface area contributed by atoms with Crippen molar-refractivity contribution in [3.63, 3.8) is 0 Å². The maximum absolute atomic E-state index is 4.49. The van der Waals surface area contributed by atoms with E-state index in [4.69, 9.17) is 0 Å². The van der Waals surface area contributed by atoms with Gasteiger partial charge in [0.25, 0.3) is 0 Å². The van der Waals surface area contributed by atoms with Gasteiger partial charge in [0, 0.05) is 7.05 Å². The second-order valence-corrected chi connectivity index (χ2v) is 0.500. The molecule has 0 amide bonds. The average molecular weight is 74.1 g/mol. The number of hydrogen-bond acceptors (Lipinski definition) is 3. The summed E-state index contributed by atoms with van der Waals surface area (Å²) in [4.78, 5) is 7.28. The van der Waals surface area contributed by atoms with Crippen LogP contribution in [0.3, 0.4) is 0 Å². The Morgan fingerprint density at radius 3 is 2.60 bits per heavy atom. The molecular weight excluding hydrogens is 68.0 g/mol. The Bertz CT molecular complexity index is 34.6. The summed E-state index contributed by atoms with van der Waals surface area (Å²) in [6.45, 7) is 0. The van der Waals surface area contributed by atoms with E-state index in [1.54, 1.807) is 7.05 Å². The third kappa shape index (κ3) is 3.43. The van der Waals surface area contributed by atoms with Gasteiger partial charge in [-0.25, -0.2) is 0 Å². The summed E-state index contributed by atoms with van der Waals surface area (Å²) in [7, 11) is 1.58. The minimum absolute atomic E-state index is 1.15. The van der Waals surface area contributed by atoms with Gasteiger partial charge < -0.3 is 4.84 Å². The van der Waals surface area contributed by atoms with Crippen molar-refractivity contribution in [2.75, 3.05) is 7.05 Å². The van der Waals surface area contributed by atoms with Crippen molar-refractivity contribution < 1.29 is 4.84 Å². The summed E-state index contributed by atoms with van der Waals surface area (Å²) in [6.07, 6.45) is 1.15. The van der Waals surface area contributed by atoms with Gasteiger partial charge in [-0.2, -0.15) is 5.90 Å². The van der Waals surface area contributed by atoms with E-state index >= 15 is 0 Å². The summed E-state index contributed by atoms with van der Waals surface area (Å²) in [5, 5.41) is 0. The first kappa shape index (κ1) is 4.43. The monoisotopic (exact) mass is 74.0 g/mol. The van der Waals surface area contributed by atoms with Gasteiger partial charge >= 0.3 is 0 Å². The van der Waals surface area contributed by atoms with Gasteiger partial charge in [0.1, 0.15) is 0 Å². The Kier molecular flexibility index (Phi) is 3.04. The van der Waals surface area contributed by atoms with E-state index in [-0.39, 0.29) is 0 Å². The van der Waals surface area contributed by atoms with E-state index in [1.807, 2.05) is 0 Å². The number of nitrogens with zero attached hydrogens (tertiary/aromatic N) is 1. The van der Waals surface area contributed by atoms with E-state index in [2.05, 4.69) is 15.7 Å². The summed E-state index contributed by atoms with van der Waals surface area (Å²) in [6, 6.07) is 0. The van der Waals surface area contributed by atoms with E-state index in [9.17, 15) is 0 Å². The first-order valence-electron chi connectivity index (χ1n) is 1.18. The van der Waals surface area contributed by atoms with Crippen LogP contribution in [0.15, 0.2) is 4.99 Å². The van der Waals surface area contributed by atoms with Crippen LogP contribution < -0.4 is 5.90 Å². The largest absolute Gasteiger partial charge is 0.400 e. The molecule has 0 fully saturated rings. The fourth-order valence-electron chi connectivity index (χ4n) is 0.0609. The fraction of sp³-hybridized carbons (Fsp3) is 0.500. The quantitative estimate of drug-likeness (QED) is 0.260. The van der Waals surface area contributed by atoms with Gasteiger partial charge in [0.05, 0.1) is 0 Å². The molecule has 0 heterocycles. The van der Waals surface area contributed by atoms with Gasteiger partial charge in [-0.15, -0.1) is 0 Å². The zero-order valence-corrected chi connectivity index (χ0v) is 3.01. The Morgan fingerprint density at radius 1 is 2.00 bits per heavy atom. The highest BCUT2D eigenvalue weighted by Gasteiger charge is 1.47. The van der Waals surface area contributed by atoms with Crippen LogP contribution in [0, 0.1) is 0 Å². The lowest BCUT2D eigenvalue weighted by molar-refractivity contribution is 0.337. The molecule has 0 aromatic heterocycles. The van der Waals surface area contributed by atoms with E-state index in [0.29, 0.717) is 0 Å². The Balaban J connectivity index is 2.62. The van der Waals surface area contributed by atoms with Crippen molar-refractivity contribution in [1.29, 1.82) is 0 Å². The molecule has 0 atom stereocenters. The Morgan fingerprint density at radius 2 is 2.60 bits per heavy atom. The van der Waals surface area contributed by atoms with Crippen LogP contribution in [0.4, 0.5) is 0 Å². The van der Waals surface area contributed by atoms with E-state index in [0.717, 1.165) is 6.40 Å². The molecule has 5 heavy (non-hydrogen) atoms. The number of rotatable bonds is 1. The van der Waals surface area contributed by atoms with Gasteiger partial charge in [-0.05, 0) is 0 Å². The van der Waals surface area contributed by atoms with Gasteiger partial charge in [-0.1, -0.05) is 0 Å². The van der Waals surface area contributed by atoms with Crippen LogP contribution >= 0.6 is 0 Å². The maximum atomic E-state index is 4.49. The summed E-state index contributed by atoms with van der Waals surface area (Å²) in [5.74, 6) is 4.49. The molecule has 30 valence electrons. The zero-order chi connectivity index (χ0) is 4.12. The molecule has 0 radical (unpaired) electrons. The van der Waals surface area contributed by atoms with Crippen molar-refractivity contribution in [2.45, 2.75) is 0 Å². The molecule has 0 rings (SSSR count). The molecule has 0 saturated heterocycles. The lowest BCUT2D eigenvalue weighted by atomic mass is 11.3. The van der Waals surface area contributed by atoms with Crippen molar-refractivity contribution in [1.82, 2.24) is 0 Å². The molecule has 2 N–H and O–H groups in total. The minimum Gasteiger partial charge on any atom is -0.400 e. The normalized spacial score (nSPS) is 9.20. The molecular formula is C2H6N2O. The summed E-state index contributed by atoms with van der Waals surface area (Å²) >= 11 is 0. The van der Waals surface area contributed by atoms with Crippen molar-refractivity contribution in [2.24, 2.45) is 10.9 Å². The molecule has 0 aliphatic carbocycles. The lowest BCUT2D eigenvalue weighted by Gasteiger charge is -1.75. The topological polar surface area (TPSA) is 47.6 Å². The summed E-state index contributed by atoms with van der Waals surface area (Å²) in [5.41, 5.74) is 0. The van der Waals surface area contributed by atoms with Gasteiger partial charge in [0.15, 0.2) is 6.40 Å². The molecule has 0 aromatic rings. The van der Waals surface area contributed by atoms with Crippen LogP contribution in [0.25, 0.3) is 0 Å². The van der Waals surface area contributed by atoms with Crippen molar-refractivity contribution >= 4 is 6.40 Å². The van der Waals surface area contributed by atoms with Crippen LogP contribution in [-0.2, 0) is 4.84 Å². The van der Waals surface area contributed by atoms with Gasteiger partial charge in [0.2, 0.25) is 0 Å². The highest BCUT2D eigenvalue weighted by Crippen LogP contribution is 1.43. The minimum atomic E-state index is 1.15. The molecule has 0 aliphatic rings. The second-order valence-electron chi connectivity index (χ2n) is 0.500. The first-order valence-corrected chi connectivity index (χ1v) is 1.18. The van der Waals surface area contributed by atoms with Crippen LogP contribution in [-0.4, -0.2) is 13.4 Å². The van der Waals surface area contributed by atoms with Gasteiger partial charge in [-0.3, -0.25) is 4.99 Å². The average Bonchev–Trinajstić information content (AvgIpc) is 1.41. The molecule has 0 bridgehead atoms. The first-order chi connectivity index (χ1) is 2.41. The third-order valence-electron chi connectivity index (χ3n) is 0.166. The second kappa shape index (κ2) is 3.43. The van der Waals surface area contributed by atoms with E-state index in [1.165, 1.54) is 0 Å². The molecule has 3 nitrogen and oxygen atoms in total. The van der Waals surface area contributed by atoms with Crippen molar-refractivity contribution in [3.05, 3.63) is 0 Å². The third-order valence-corrected chi connectivity index (χ3v) is 0.166. The standard InChI is InChI=1S/C2H6N2O/c1-4-2-5-3/h2H,3H2,1H3. The summed E-state index contributed by atoms with van der Waals surface area (Å²) < 4.78 is 0. The Labute approximate surface area is 30.4 Å². The highest BCUT2D eigenvalue weighted by atomic mass is 16.6. The number of aliphatic imine (C=N–C) groups is 1. The van der Waals surface area contributed by atoms with Crippen molar-refractivity contribution in [3.8, 4) is 0 Å². The van der Waals surface area contributed by atoms with Crippen LogP contribution in [0.1, 0.15) is 0 Å². The fourth-order valence-corrected chi connectivity index (χ4v) is 0.0609. The number of nitrogens with two attached hydrogens (primary N) is 1. The molecule has 0 saturated carbocycles. The van der Waals surface area contributed by atoms with Crippen LogP contribution in [0.5, 0.6) is 0 Å². The van der Waals surface area contributed by atoms with E-state index < -0.39 is 0 Å². The molecule has 0 aliphatic heterocycles. The molecule has 0 aromatic carbocycles. The predicted octanol–water partition coefficient (Wildman–Crippen LogP) is -0.465. The smallest absolute Gasteiger partial charge is 0.195 e. The predicted molar refractivity (Wildman–Crippen MR) is 19.7 cm³/mol. The molecule has 0 spiro atoms. The maximum Gasteiger partial charge on any atom is 0.195 e. The lowest BCUT2D eigenvalue weighted by Crippen LogP contribution is -1.93. The SMILES string of the molecule is CN=CON. The zero-order valence-electron chi connectivity index (χ0n) is 3.01. The number of hydrogen-bond donors (Lipinski definition) is 1. The molecule has 3 heteroatoms. The molecule has 0 unspecified atom stereocenters. The van der Waals surface area contributed by atoms with Crippen LogP contribution in [0.2, 0.25) is 0 Å². The highest BCUT2D eigenvalue weighted by molar-refractivity contribution is 5.44.